The summed E-state index contributed by atoms with van der Waals surface area (Å²) in [7, 11) is 1.78. The number of allylic oxidation sites excluding steroid dienone is 1. The number of rotatable bonds is 6. The third-order valence-electron chi connectivity index (χ3n) is 2.66. The highest BCUT2D eigenvalue weighted by Gasteiger charge is 1.97. The van der Waals surface area contributed by atoms with Crippen molar-refractivity contribution in [3.05, 3.63) is 47.0 Å². The Bertz CT molecular complexity index is 427. The van der Waals surface area contributed by atoms with E-state index in [0.29, 0.717) is 0 Å². The molecule has 0 fully saturated rings. The number of halogens is 1. The van der Waals surface area contributed by atoms with Crippen LogP contribution in [0.15, 0.2) is 41.4 Å². The van der Waals surface area contributed by atoms with Crippen LogP contribution < -0.4 is 10.6 Å². The van der Waals surface area contributed by atoms with Gasteiger partial charge in [0.2, 0.25) is 0 Å². The van der Waals surface area contributed by atoms with E-state index in [4.69, 9.17) is 11.6 Å². The largest absolute Gasteiger partial charge is 0.356 e. The molecule has 3 nitrogen and oxygen atoms in total. The van der Waals surface area contributed by atoms with E-state index in [1.165, 1.54) is 5.56 Å². The van der Waals surface area contributed by atoms with Crippen molar-refractivity contribution in [1.82, 2.24) is 10.6 Å². The summed E-state index contributed by atoms with van der Waals surface area (Å²) in [6.07, 6.45) is 6.12. The molecule has 0 radical (unpaired) electrons. The highest BCUT2D eigenvalue weighted by Crippen LogP contribution is 2.10. The van der Waals surface area contributed by atoms with Crippen LogP contribution in [0.5, 0.6) is 0 Å². The van der Waals surface area contributed by atoms with Crippen molar-refractivity contribution in [2.24, 2.45) is 4.99 Å². The molecule has 0 aliphatic carbocycles. The van der Waals surface area contributed by atoms with Crippen molar-refractivity contribution in [2.45, 2.75) is 19.8 Å². The predicted octanol–water partition coefficient (Wildman–Crippen LogP) is 3.01. The molecule has 1 aromatic carbocycles. The molecule has 1 rings (SSSR count). The van der Waals surface area contributed by atoms with Crippen molar-refractivity contribution in [1.29, 1.82) is 0 Å². The SMILES string of the molecule is C/C=C/CCNC(=NC)NCCc1cccc(Cl)c1. The Labute approximate surface area is 120 Å². The Morgan fingerprint density at radius 2 is 2.11 bits per heavy atom. The fourth-order valence-corrected chi connectivity index (χ4v) is 1.89. The summed E-state index contributed by atoms with van der Waals surface area (Å²) in [6, 6.07) is 7.93. The molecule has 19 heavy (non-hydrogen) atoms. The first-order valence-corrected chi connectivity index (χ1v) is 6.94. The summed E-state index contributed by atoms with van der Waals surface area (Å²) in [4.78, 5) is 4.18. The van der Waals surface area contributed by atoms with Gasteiger partial charge in [-0.15, -0.1) is 0 Å². The van der Waals surface area contributed by atoms with E-state index < -0.39 is 0 Å². The number of aliphatic imine (C=N–C) groups is 1. The van der Waals surface area contributed by atoms with Gasteiger partial charge in [-0.05, 0) is 37.5 Å². The summed E-state index contributed by atoms with van der Waals surface area (Å²) >= 11 is 5.95. The second-order valence-electron chi connectivity index (χ2n) is 4.16. The molecule has 0 saturated carbocycles. The first kappa shape index (κ1) is 15.6. The van der Waals surface area contributed by atoms with Gasteiger partial charge in [0.15, 0.2) is 5.96 Å². The second kappa shape index (κ2) is 9.45. The van der Waals surface area contributed by atoms with Crippen LogP contribution in [0.3, 0.4) is 0 Å². The molecule has 0 bridgehead atoms. The molecule has 0 aromatic heterocycles. The van der Waals surface area contributed by atoms with Crippen molar-refractivity contribution in [2.75, 3.05) is 20.1 Å². The maximum atomic E-state index is 5.95. The van der Waals surface area contributed by atoms with Crippen LogP contribution in [-0.2, 0) is 6.42 Å². The zero-order valence-corrected chi connectivity index (χ0v) is 12.4. The van der Waals surface area contributed by atoms with E-state index in [-0.39, 0.29) is 0 Å². The minimum Gasteiger partial charge on any atom is -0.356 e. The van der Waals surface area contributed by atoms with Gasteiger partial charge in [0.05, 0.1) is 0 Å². The van der Waals surface area contributed by atoms with Gasteiger partial charge in [0.1, 0.15) is 0 Å². The van der Waals surface area contributed by atoms with Gasteiger partial charge in [-0.25, -0.2) is 0 Å². The molecule has 0 amide bonds. The fraction of sp³-hybridized carbons (Fsp3) is 0.400. The van der Waals surface area contributed by atoms with Crippen LogP contribution in [0.25, 0.3) is 0 Å². The number of hydrogen-bond acceptors (Lipinski definition) is 1. The molecule has 0 saturated heterocycles. The van der Waals surface area contributed by atoms with Crippen molar-refractivity contribution in [3.63, 3.8) is 0 Å². The minimum absolute atomic E-state index is 0.784. The third kappa shape index (κ3) is 6.87. The maximum absolute atomic E-state index is 5.95. The monoisotopic (exact) mass is 279 g/mol. The summed E-state index contributed by atoms with van der Waals surface area (Å²) in [6.45, 7) is 3.75. The summed E-state index contributed by atoms with van der Waals surface area (Å²) in [5.74, 6) is 0.839. The Kier molecular flexibility index (Phi) is 7.75. The Hall–Kier alpha value is -1.48. The molecule has 2 N–H and O–H groups in total. The molecule has 1 aromatic rings. The summed E-state index contributed by atoms with van der Waals surface area (Å²) in [5.41, 5.74) is 1.23. The molecule has 0 aliphatic heterocycles. The normalized spacial score (nSPS) is 11.8. The van der Waals surface area contributed by atoms with Crippen molar-refractivity contribution >= 4 is 17.6 Å². The van der Waals surface area contributed by atoms with Gasteiger partial charge in [0.25, 0.3) is 0 Å². The summed E-state index contributed by atoms with van der Waals surface area (Å²) < 4.78 is 0. The van der Waals surface area contributed by atoms with Crippen LogP contribution >= 0.6 is 11.6 Å². The topological polar surface area (TPSA) is 36.4 Å². The van der Waals surface area contributed by atoms with Crippen LogP contribution in [0.1, 0.15) is 18.9 Å². The minimum atomic E-state index is 0.784. The smallest absolute Gasteiger partial charge is 0.190 e. The maximum Gasteiger partial charge on any atom is 0.190 e. The quantitative estimate of drug-likeness (QED) is 0.363. The predicted molar refractivity (Wildman–Crippen MR) is 84.0 cm³/mol. The van der Waals surface area contributed by atoms with Gasteiger partial charge in [-0.2, -0.15) is 0 Å². The molecule has 0 unspecified atom stereocenters. The summed E-state index contributed by atoms with van der Waals surface area (Å²) in [5, 5.41) is 7.33. The number of hydrogen-bond donors (Lipinski definition) is 2. The Balaban J connectivity index is 2.26. The van der Waals surface area contributed by atoms with E-state index in [0.717, 1.165) is 36.9 Å². The van der Waals surface area contributed by atoms with Crippen LogP contribution in [-0.4, -0.2) is 26.1 Å². The zero-order valence-electron chi connectivity index (χ0n) is 11.6. The van der Waals surface area contributed by atoms with Crippen LogP contribution in [0, 0.1) is 0 Å². The number of nitrogens with one attached hydrogen (secondary N) is 2. The third-order valence-corrected chi connectivity index (χ3v) is 2.89. The van der Waals surface area contributed by atoms with Crippen molar-refractivity contribution in [3.8, 4) is 0 Å². The highest BCUT2D eigenvalue weighted by atomic mass is 35.5. The lowest BCUT2D eigenvalue weighted by molar-refractivity contribution is 0.791. The Morgan fingerprint density at radius 3 is 2.79 bits per heavy atom. The van der Waals surface area contributed by atoms with Crippen molar-refractivity contribution < 1.29 is 0 Å². The number of guanidine groups is 1. The molecule has 0 heterocycles. The molecule has 0 atom stereocenters. The van der Waals surface area contributed by atoms with Gasteiger partial charge >= 0.3 is 0 Å². The number of benzene rings is 1. The van der Waals surface area contributed by atoms with Crippen LogP contribution in [0.4, 0.5) is 0 Å². The first-order valence-electron chi connectivity index (χ1n) is 6.56. The molecule has 104 valence electrons. The van der Waals surface area contributed by atoms with Gasteiger partial charge < -0.3 is 10.6 Å². The Morgan fingerprint density at radius 1 is 1.32 bits per heavy atom. The lowest BCUT2D eigenvalue weighted by Gasteiger charge is -2.11. The van der Waals surface area contributed by atoms with Gasteiger partial charge in [-0.3, -0.25) is 4.99 Å². The standard InChI is InChI=1S/C15H22ClN3/c1-3-4-5-10-18-15(17-2)19-11-9-13-7-6-8-14(16)12-13/h3-4,6-8,12H,5,9-11H2,1-2H3,(H2,17,18,19)/b4-3+. The molecular formula is C15H22ClN3. The van der Waals surface area contributed by atoms with E-state index >= 15 is 0 Å². The molecule has 0 aliphatic rings. The highest BCUT2D eigenvalue weighted by molar-refractivity contribution is 6.30. The lowest BCUT2D eigenvalue weighted by Crippen LogP contribution is -2.38. The van der Waals surface area contributed by atoms with Gasteiger partial charge in [-0.1, -0.05) is 35.9 Å². The van der Waals surface area contributed by atoms with Crippen LogP contribution in [0.2, 0.25) is 5.02 Å². The second-order valence-corrected chi connectivity index (χ2v) is 4.60. The first-order chi connectivity index (χ1) is 9.26. The van der Waals surface area contributed by atoms with E-state index in [1.54, 1.807) is 7.05 Å². The van der Waals surface area contributed by atoms with Gasteiger partial charge in [0, 0.05) is 25.2 Å². The van der Waals surface area contributed by atoms with E-state index in [9.17, 15) is 0 Å². The number of nitrogens with zero attached hydrogens (tertiary/aromatic N) is 1. The molecule has 0 spiro atoms. The molecule has 4 heteroatoms. The average molecular weight is 280 g/mol. The lowest BCUT2D eigenvalue weighted by atomic mass is 10.1. The van der Waals surface area contributed by atoms with E-state index in [2.05, 4.69) is 33.8 Å². The fourth-order valence-electron chi connectivity index (χ4n) is 1.68. The molecular weight excluding hydrogens is 258 g/mol. The zero-order chi connectivity index (χ0) is 13.9. The van der Waals surface area contributed by atoms with E-state index in [1.807, 2.05) is 25.1 Å². The average Bonchev–Trinajstić information content (AvgIpc) is 2.41.